The number of benzene rings is 2. The summed E-state index contributed by atoms with van der Waals surface area (Å²) in [4.78, 5) is 0. The summed E-state index contributed by atoms with van der Waals surface area (Å²) in [6, 6.07) is 16.2. The van der Waals surface area contributed by atoms with Crippen LogP contribution >= 0.6 is 0 Å². The van der Waals surface area contributed by atoms with Gasteiger partial charge in [0, 0.05) is 11.1 Å². The van der Waals surface area contributed by atoms with E-state index in [9.17, 15) is 0 Å². The van der Waals surface area contributed by atoms with E-state index in [1.54, 1.807) is 0 Å². The van der Waals surface area contributed by atoms with Gasteiger partial charge in [-0.1, -0.05) is 103 Å². The standard InChI is InChI=1S/C32H46O2/c1-3-5-7-9-11-13-15-27-33-31-23-19-29(20-24-31)17-18-30-21-25-32(26-22-30)34-28-16-14-12-10-8-6-4-2/h19-26H,3-16,27-28H2,1-2H3. The first-order valence-electron chi connectivity index (χ1n) is 13.8. The first-order chi connectivity index (χ1) is 16.8. The van der Waals surface area contributed by atoms with E-state index >= 15 is 0 Å². The van der Waals surface area contributed by atoms with Gasteiger partial charge >= 0.3 is 0 Å². The molecule has 0 amide bonds. The third-order valence-corrected chi connectivity index (χ3v) is 6.09. The maximum Gasteiger partial charge on any atom is 0.119 e. The van der Waals surface area contributed by atoms with Gasteiger partial charge in [0.15, 0.2) is 0 Å². The van der Waals surface area contributed by atoms with Crippen LogP contribution in [0.5, 0.6) is 11.5 Å². The maximum absolute atomic E-state index is 5.87. The minimum atomic E-state index is 0.798. The summed E-state index contributed by atoms with van der Waals surface area (Å²) < 4.78 is 11.7. The molecule has 186 valence electrons. The molecule has 0 aliphatic carbocycles. The summed E-state index contributed by atoms with van der Waals surface area (Å²) in [5.74, 6) is 8.34. The van der Waals surface area contributed by atoms with E-state index in [-0.39, 0.29) is 0 Å². The largest absolute Gasteiger partial charge is 0.494 e. The highest BCUT2D eigenvalue weighted by molar-refractivity contribution is 5.45. The van der Waals surface area contributed by atoms with E-state index in [4.69, 9.17) is 9.47 Å². The molecule has 0 bridgehead atoms. The van der Waals surface area contributed by atoms with E-state index < -0.39 is 0 Å². The Bertz CT molecular complexity index is 728. The molecule has 34 heavy (non-hydrogen) atoms. The quantitative estimate of drug-likeness (QED) is 0.162. The molecule has 0 heterocycles. The highest BCUT2D eigenvalue weighted by atomic mass is 16.5. The van der Waals surface area contributed by atoms with Crippen LogP contribution in [0.1, 0.15) is 115 Å². The van der Waals surface area contributed by atoms with Gasteiger partial charge in [0.25, 0.3) is 0 Å². The van der Waals surface area contributed by atoms with Gasteiger partial charge in [0.05, 0.1) is 13.2 Å². The number of hydrogen-bond acceptors (Lipinski definition) is 2. The summed E-state index contributed by atoms with van der Waals surface area (Å²) in [5.41, 5.74) is 2.00. The average Bonchev–Trinajstić information content (AvgIpc) is 2.87. The highest BCUT2D eigenvalue weighted by Gasteiger charge is 1.97. The predicted octanol–water partition coefficient (Wildman–Crippen LogP) is 9.35. The lowest BCUT2D eigenvalue weighted by atomic mass is 10.1. The molecule has 2 rings (SSSR count). The zero-order valence-corrected chi connectivity index (χ0v) is 21.7. The molecule has 0 aliphatic rings. The SMILES string of the molecule is CCCCCCCCCOc1ccc(C#Cc2ccc(OCCCCCCCCC)cc2)cc1. The summed E-state index contributed by atoms with van der Waals surface area (Å²) in [5, 5.41) is 0. The lowest BCUT2D eigenvalue weighted by Gasteiger charge is -2.06. The van der Waals surface area contributed by atoms with Gasteiger partial charge < -0.3 is 9.47 Å². The van der Waals surface area contributed by atoms with Crippen molar-refractivity contribution in [2.24, 2.45) is 0 Å². The summed E-state index contributed by atoms with van der Waals surface area (Å²) in [6.07, 6.45) is 18.2. The molecule has 2 aromatic carbocycles. The van der Waals surface area contributed by atoms with Crippen molar-refractivity contribution in [2.75, 3.05) is 13.2 Å². The minimum Gasteiger partial charge on any atom is -0.494 e. The Hall–Kier alpha value is -2.40. The third kappa shape index (κ3) is 13.3. The molecule has 2 nitrogen and oxygen atoms in total. The second-order valence-corrected chi connectivity index (χ2v) is 9.24. The van der Waals surface area contributed by atoms with Crippen LogP contribution in [-0.4, -0.2) is 13.2 Å². The average molecular weight is 463 g/mol. The van der Waals surface area contributed by atoms with Crippen LogP contribution in [0, 0.1) is 11.8 Å². The second-order valence-electron chi connectivity index (χ2n) is 9.24. The topological polar surface area (TPSA) is 18.5 Å². The van der Waals surface area contributed by atoms with Crippen molar-refractivity contribution in [1.82, 2.24) is 0 Å². The molecule has 0 atom stereocenters. The molecule has 2 aromatic rings. The molecule has 0 aliphatic heterocycles. The van der Waals surface area contributed by atoms with Gasteiger partial charge in [0.1, 0.15) is 11.5 Å². The molecule has 2 heteroatoms. The molecule has 0 spiro atoms. The van der Waals surface area contributed by atoms with Crippen LogP contribution in [0.3, 0.4) is 0 Å². The van der Waals surface area contributed by atoms with Crippen molar-refractivity contribution in [1.29, 1.82) is 0 Å². The van der Waals surface area contributed by atoms with Gasteiger partial charge in [-0.2, -0.15) is 0 Å². The van der Waals surface area contributed by atoms with E-state index in [1.807, 2.05) is 48.5 Å². The minimum absolute atomic E-state index is 0.798. The zero-order chi connectivity index (χ0) is 24.1. The number of rotatable bonds is 18. The van der Waals surface area contributed by atoms with Crippen LogP contribution in [-0.2, 0) is 0 Å². The maximum atomic E-state index is 5.87. The Kier molecular flexibility index (Phi) is 15.5. The van der Waals surface area contributed by atoms with Gasteiger partial charge in [-0.05, 0) is 61.4 Å². The highest BCUT2D eigenvalue weighted by Crippen LogP contribution is 2.15. The van der Waals surface area contributed by atoms with Crippen molar-refractivity contribution < 1.29 is 9.47 Å². The number of hydrogen-bond donors (Lipinski definition) is 0. The molecular formula is C32H46O2. The van der Waals surface area contributed by atoms with E-state index in [2.05, 4.69) is 25.7 Å². The number of unbranched alkanes of at least 4 members (excludes halogenated alkanes) is 12. The molecule has 0 aromatic heterocycles. The van der Waals surface area contributed by atoms with Crippen molar-refractivity contribution in [3.8, 4) is 23.3 Å². The first-order valence-corrected chi connectivity index (χ1v) is 13.8. The van der Waals surface area contributed by atoms with Crippen molar-refractivity contribution in [3.05, 3.63) is 59.7 Å². The fraction of sp³-hybridized carbons (Fsp3) is 0.562. The summed E-state index contributed by atoms with van der Waals surface area (Å²) in [6.45, 7) is 6.12. The monoisotopic (exact) mass is 462 g/mol. The Balaban J connectivity index is 1.61. The summed E-state index contributed by atoms with van der Waals surface area (Å²) in [7, 11) is 0. The Morgan fingerprint density at radius 3 is 1.12 bits per heavy atom. The Morgan fingerprint density at radius 2 is 0.765 bits per heavy atom. The first kappa shape index (κ1) is 27.8. The van der Waals surface area contributed by atoms with Crippen LogP contribution in [0.4, 0.5) is 0 Å². The normalized spacial score (nSPS) is 10.5. The van der Waals surface area contributed by atoms with Crippen LogP contribution < -0.4 is 9.47 Å². The smallest absolute Gasteiger partial charge is 0.119 e. The van der Waals surface area contributed by atoms with Crippen LogP contribution in [0.2, 0.25) is 0 Å². The molecule has 0 saturated carbocycles. The van der Waals surface area contributed by atoms with E-state index in [1.165, 1.54) is 77.0 Å². The number of ether oxygens (including phenoxy) is 2. The van der Waals surface area contributed by atoms with Crippen LogP contribution in [0.25, 0.3) is 0 Å². The fourth-order valence-corrected chi connectivity index (χ4v) is 3.91. The third-order valence-electron chi connectivity index (χ3n) is 6.09. The fourth-order valence-electron chi connectivity index (χ4n) is 3.91. The Morgan fingerprint density at radius 1 is 0.441 bits per heavy atom. The van der Waals surface area contributed by atoms with E-state index in [0.29, 0.717) is 0 Å². The Labute approximate surface area is 209 Å². The van der Waals surface area contributed by atoms with Gasteiger partial charge in [-0.25, -0.2) is 0 Å². The molecule has 0 N–H and O–H groups in total. The summed E-state index contributed by atoms with van der Waals surface area (Å²) >= 11 is 0. The van der Waals surface area contributed by atoms with Gasteiger partial charge in [0.2, 0.25) is 0 Å². The second kappa shape index (κ2) is 19.0. The van der Waals surface area contributed by atoms with Crippen LogP contribution in [0.15, 0.2) is 48.5 Å². The van der Waals surface area contributed by atoms with Crippen molar-refractivity contribution in [2.45, 2.75) is 104 Å². The molecule has 0 unspecified atom stereocenters. The lowest BCUT2D eigenvalue weighted by molar-refractivity contribution is 0.304. The zero-order valence-electron chi connectivity index (χ0n) is 21.7. The van der Waals surface area contributed by atoms with Crippen molar-refractivity contribution >= 4 is 0 Å². The molecule has 0 fully saturated rings. The molecular weight excluding hydrogens is 416 g/mol. The van der Waals surface area contributed by atoms with Gasteiger partial charge in [-0.3, -0.25) is 0 Å². The van der Waals surface area contributed by atoms with Gasteiger partial charge in [-0.15, -0.1) is 0 Å². The molecule has 0 radical (unpaired) electrons. The van der Waals surface area contributed by atoms with Crippen molar-refractivity contribution in [3.63, 3.8) is 0 Å². The predicted molar refractivity (Wildman–Crippen MR) is 146 cm³/mol. The molecule has 0 saturated heterocycles. The lowest BCUT2D eigenvalue weighted by Crippen LogP contribution is -1.97. The van der Waals surface area contributed by atoms with E-state index in [0.717, 1.165) is 48.7 Å².